The summed E-state index contributed by atoms with van der Waals surface area (Å²) in [4.78, 5) is 8.83. The molecule has 1 aliphatic carbocycles. The van der Waals surface area contributed by atoms with E-state index < -0.39 is 0 Å². The van der Waals surface area contributed by atoms with Crippen molar-refractivity contribution in [3.63, 3.8) is 0 Å². The fourth-order valence-corrected chi connectivity index (χ4v) is 4.01. The number of rotatable bonds is 5. The first-order valence-electron chi connectivity index (χ1n) is 7.74. The number of piperidine rings is 1. The number of nitrogens with one attached hydrogen (secondary N) is 1. The van der Waals surface area contributed by atoms with Crippen molar-refractivity contribution in [2.45, 2.75) is 71.0 Å². The fourth-order valence-electron chi connectivity index (χ4n) is 2.90. The Morgan fingerprint density at radius 2 is 2.16 bits per heavy atom. The third-order valence-electron chi connectivity index (χ3n) is 4.35. The molecule has 1 unspecified atom stereocenters. The predicted octanol–water partition coefficient (Wildman–Crippen LogP) is 3.47. The van der Waals surface area contributed by atoms with Gasteiger partial charge in [0.15, 0.2) is 5.13 Å². The Balaban J connectivity index is 1.70. The highest BCUT2D eigenvalue weighted by Gasteiger charge is 2.25. The van der Waals surface area contributed by atoms with Gasteiger partial charge in [-0.05, 0) is 45.4 Å². The molecule has 3 nitrogen and oxygen atoms in total. The minimum absolute atomic E-state index is 0.712. The summed E-state index contributed by atoms with van der Waals surface area (Å²) in [7, 11) is 0. The van der Waals surface area contributed by atoms with Crippen molar-refractivity contribution in [3.05, 3.63) is 10.6 Å². The van der Waals surface area contributed by atoms with E-state index in [4.69, 9.17) is 4.98 Å². The smallest absolute Gasteiger partial charge is 0.186 e. The summed E-state index contributed by atoms with van der Waals surface area (Å²) < 4.78 is 0. The van der Waals surface area contributed by atoms with Crippen molar-refractivity contribution >= 4 is 16.5 Å². The van der Waals surface area contributed by atoms with Gasteiger partial charge >= 0.3 is 0 Å². The highest BCUT2D eigenvalue weighted by Crippen LogP contribution is 2.32. The van der Waals surface area contributed by atoms with Crippen LogP contribution in [-0.2, 0) is 6.54 Å². The first-order chi connectivity index (χ1) is 9.28. The molecule has 1 saturated carbocycles. The van der Waals surface area contributed by atoms with E-state index in [2.05, 4.69) is 24.1 Å². The topological polar surface area (TPSA) is 28.2 Å². The zero-order valence-electron chi connectivity index (χ0n) is 12.1. The van der Waals surface area contributed by atoms with E-state index in [0.29, 0.717) is 6.04 Å². The molecule has 2 aliphatic rings. The van der Waals surface area contributed by atoms with Crippen LogP contribution in [-0.4, -0.2) is 23.6 Å². The van der Waals surface area contributed by atoms with Crippen molar-refractivity contribution in [2.75, 3.05) is 11.4 Å². The number of nitrogens with zero attached hydrogens (tertiary/aromatic N) is 2. The standard InChI is InChI=1S/C15H25N3S/c1-3-13-6-4-5-9-18(13)15-17-11(2)14(19-15)10-16-12-7-8-12/h12-13,16H,3-10H2,1-2H3. The van der Waals surface area contributed by atoms with Crippen LogP contribution < -0.4 is 10.2 Å². The Morgan fingerprint density at radius 1 is 1.32 bits per heavy atom. The van der Waals surface area contributed by atoms with E-state index in [1.165, 1.54) is 60.8 Å². The number of hydrogen-bond acceptors (Lipinski definition) is 4. The van der Waals surface area contributed by atoms with E-state index in [1.54, 1.807) is 0 Å². The van der Waals surface area contributed by atoms with Crippen LogP contribution in [0, 0.1) is 6.92 Å². The van der Waals surface area contributed by atoms with Gasteiger partial charge in [0.1, 0.15) is 0 Å². The van der Waals surface area contributed by atoms with E-state index in [-0.39, 0.29) is 0 Å². The van der Waals surface area contributed by atoms with E-state index in [9.17, 15) is 0 Å². The van der Waals surface area contributed by atoms with Crippen molar-refractivity contribution < 1.29 is 0 Å². The number of hydrogen-bond donors (Lipinski definition) is 1. The molecule has 1 aliphatic heterocycles. The minimum Gasteiger partial charge on any atom is -0.345 e. The SMILES string of the molecule is CCC1CCCCN1c1nc(C)c(CNC2CC2)s1. The van der Waals surface area contributed by atoms with Gasteiger partial charge in [-0.15, -0.1) is 11.3 Å². The third-order valence-corrected chi connectivity index (χ3v) is 5.55. The molecule has 1 N–H and O–H groups in total. The summed E-state index contributed by atoms with van der Waals surface area (Å²) >= 11 is 1.91. The number of aromatic nitrogens is 1. The molecule has 1 saturated heterocycles. The molecule has 2 heterocycles. The quantitative estimate of drug-likeness (QED) is 0.894. The Kier molecular flexibility index (Phi) is 4.08. The van der Waals surface area contributed by atoms with Crippen molar-refractivity contribution in [3.8, 4) is 0 Å². The number of thiazole rings is 1. The second-order valence-corrected chi connectivity index (χ2v) is 6.97. The van der Waals surface area contributed by atoms with Crippen LogP contribution in [0.15, 0.2) is 0 Å². The Hall–Kier alpha value is -0.610. The lowest BCUT2D eigenvalue weighted by molar-refractivity contribution is 0.449. The molecular formula is C15H25N3S. The van der Waals surface area contributed by atoms with Gasteiger partial charge < -0.3 is 10.2 Å². The minimum atomic E-state index is 0.712. The summed E-state index contributed by atoms with van der Waals surface area (Å²) in [6, 6.07) is 1.49. The first-order valence-corrected chi connectivity index (χ1v) is 8.56. The number of anilines is 1. The lowest BCUT2D eigenvalue weighted by Crippen LogP contribution is -2.39. The zero-order valence-corrected chi connectivity index (χ0v) is 12.9. The number of aryl methyl sites for hydroxylation is 1. The second-order valence-electron chi connectivity index (χ2n) is 5.91. The van der Waals surface area contributed by atoms with Gasteiger partial charge in [-0.3, -0.25) is 0 Å². The molecule has 1 aromatic heterocycles. The molecule has 0 bridgehead atoms. The van der Waals surface area contributed by atoms with Gasteiger partial charge in [0.2, 0.25) is 0 Å². The molecule has 4 heteroatoms. The third kappa shape index (κ3) is 3.11. The van der Waals surface area contributed by atoms with Gasteiger partial charge in [0.25, 0.3) is 0 Å². The Labute approximate surface area is 120 Å². The summed E-state index contributed by atoms with van der Waals surface area (Å²) in [5.41, 5.74) is 1.23. The van der Waals surface area contributed by atoms with Gasteiger partial charge in [0.05, 0.1) is 5.69 Å². The molecule has 0 spiro atoms. The average Bonchev–Trinajstić information content (AvgIpc) is 3.19. The molecule has 0 amide bonds. The summed E-state index contributed by atoms with van der Waals surface area (Å²) in [6.45, 7) is 6.67. The molecular weight excluding hydrogens is 254 g/mol. The van der Waals surface area contributed by atoms with Crippen molar-refractivity contribution in [1.29, 1.82) is 0 Å². The zero-order chi connectivity index (χ0) is 13.2. The van der Waals surface area contributed by atoms with Crippen LogP contribution in [0.25, 0.3) is 0 Å². The van der Waals surface area contributed by atoms with E-state index in [0.717, 1.165) is 12.6 Å². The van der Waals surface area contributed by atoms with Crippen LogP contribution in [0.2, 0.25) is 0 Å². The molecule has 1 atom stereocenters. The van der Waals surface area contributed by atoms with Crippen LogP contribution in [0.3, 0.4) is 0 Å². The van der Waals surface area contributed by atoms with E-state index in [1.807, 2.05) is 11.3 Å². The molecule has 3 rings (SSSR count). The normalized spacial score (nSPS) is 23.9. The predicted molar refractivity (Wildman–Crippen MR) is 82.0 cm³/mol. The summed E-state index contributed by atoms with van der Waals surface area (Å²) in [5, 5.41) is 4.87. The highest BCUT2D eigenvalue weighted by atomic mass is 32.1. The Morgan fingerprint density at radius 3 is 2.89 bits per heavy atom. The molecule has 2 fully saturated rings. The van der Waals surface area contributed by atoms with Crippen LogP contribution in [0.1, 0.15) is 56.0 Å². The van der Waals surface area contributed by atoms with Crippen LogP contribution in [0.5, 0.6) is 0 Å². The van der Waals surface area contributed by atoms with Crippen LogP contribution in [0.4, 0.5) is 5.13 Å². The molecule has 1 aromatic rings. The molecule has 0 aromatic carbocycles. The lowest BCUT2D eigenvalue weighted by Gasteiger charge is -2.35. The van der Waals surface area contributed by atoms with Gasteiger partial charge in [-0.2, -0.15) is 0 Å². The lowest BCUT2D eigenvalue weighted by atomic mass is 10.0. The largest absolute Gasteiger partial charge is 0.345 e. The maximum absolute atomic E-state index is 4.84. The second kappa shape index (κ2) is 5.80. The summed E-state index contributed by atoms with van der Waals surface area (Å²) in [5.74, 6) is 0. The van der Waals surface area contributed by atoms with Gasteiger partial charge in [-0.25, -0.2) is 4.98 Å². The van der Waals surface area contributed by atoms with E-state index >= 15 is 0 Å². The Bertz CT molecular complexity index is 425. The van der Waals surface area contributed by atoms with Crippen molar-refractivity contribution in [2.24, 2.45) is 0 Å². The monoisotopic (exact) mass is 279 g/mol. The van der Waals surface area contributed by atoms with Gasteiger partial charge in [-0.1, -0.05) is 6.92 Å². The molecule has 106 valence electrons. The maximum Gasteiger partial charge on any atom is 0.186 e. The molecule has 19 heavy (non-hydrogen) atoms. The molecule has 0 radical (unpaired) electrons. The fraction of sp³-hybridized carbons (Fsp3) is 0.800. The highest BCUT2D eigenvalue weighted by molar-refractivity contribution is 7.15. The van der Waals surface area contributed by atoms with Crippen LogP contribution >= 0.6 is 11.3 Å². The first kappa shape index (κ1) is 13.4. The van der Waals surface area contributed by atoms with Gasteiger partial charge in [0, 0.05) is 30.1 Å². The maximum atomic E-state index is 4.84. The average molecular weight is 279 g/mol. The van der Waals surface area contributed by atoms with Crippen molar-refractivity contribution in [1.82, 2.24) is 10.3 Å². The summed E-state index contributed by atoms with van der Waals surface area (Å²) in [6.07, 6.45) is 8.00.